The minimum Gasteiger partial charge on any atom is -0.508 e. The van der Waals surface area contributed by atoms with Gasteiger partial charge in [-0.05, 0) is 60.7 Å². The maximum atomic E-state index is 16.7. The predicted molar refractivity (Wildman–Crippen MR) is 163 cm³/mol. The molecule has 0 spiro atoms. The molecule has 3 fully saturated rings. The SMILES string of the molecule is C[C@@H]1CN(CCCOc2nc(N3CC4CCC(C3)N4)c3cc(Cl)c(-c4cc(O)cc5ccccc45)c(F)c3n2)CCO1. The quantitative estimate of drug-likeness (QED) is 0.277. The minimum absolute atomic E-state index is 0.0395. The summed E-state index contributed by atoms with van der Waals surface area (Å²) in [6, 6.07) is 13.4. The Balaban J connectivity index is 1.27. The molecule has 7 rings (SSSR count). The summed E-state index contributed by atoms with van der Waals surface area (Å²) in [5.74, 6) is 0.128. The van der Waals surface area contributed by atoms with Crippen LogP contribution in [0.2, 0.25) is 5.02 Å². The van der Waals surface area contributed by atoms with Crippen LogP contribution in [0.3, 0.4) is 0 Å². The van der Waals surface area contributed by atoms with E-state index in [1.165, 1.54) is 0 Å². The van der Waals surface area contributed by atoms with Gasteiger partial charge in [-0.25, -0.2) is 4.39 Å². The third-order valence-corrected chi connectivity index (χ3v) is 8.95. The second-order valence-corrected chi connectivity index (χ2v) is 12.1. The number of fused-ring (bicyclic) bond motifs is 4. The molecule has 2 N–H and O–H groups in total. The number of aromatic nitrogens is 2. The van der Waals surface area contributed by atoms with Crippen molar-refractivity contribution in [2.24, 2.45) is 0 Å². The summed E-state index contributed by atoms with van der Waals surface area (Å²) in [5.41, 5.74) is 0.876. The molecular formula is C32H35ClFN5O3. The zero-order chi connectivity index (χ0) is 28.8. The molecule has 4 aromatic rings. The molecule has 42 heavy (non-hydrogen) atoms. The second kappa shape index (κ2) is 11.4. The number of halogens is 2. The van der Waals surface area contributed by atoms with Crippen molar-refractivity contribution in [1.29, 1.82) is 0 Å². The van der Waals surface area contributed by atoms with E-state index in [1.807, 2.05) is 24.3 Å². The van der Waals surface area contributed by atoms with Gasteiger partial charge >= 0.3 is 6.01 Å². The van der Waals surface area contributed by atoms with Crippen LogP contribution in [0.1, 0.15) is 26.2 Å². The normalized spacial score (nSPS) is 22.7. The molecule has 2 bridgehead atoms. The van der Waals surface area contributed by atoms with Crippen molar-refractivity contribution in [3.63, 3.8) is 0 Å². The molecule has 3 aliphatic heterocycles. The summed E-state index contributed by atoms with van der Waals surface area (Å²) < 4.78 is 28.4. The van der Waals surface area contributed by atoms with Gasteiger partial charge in [-0.15, -0.1) is 0 Å². The highest BCUT2D eigenvalue weighted by atomic mass is 35.5. The van der Waals surface area contributed by atoms with Gasteiger partial charge in [-0.3, -0.25) is 4.90 Å². The number of aromatic hydroxyl groups is 1. The van der Waals surface area contributed by atoms with Crippen LogP contribution in [0.4, 0.5) is 10.2 Å². The van der Waals surface area contributed by atoms with E-state index in [0.717, 1.165) is 69.4 Å². The molecule has 2 unspecified atom stereocenters. The average molecular weight is 592 g/mol. The van der Waals surface area contributed by atoms with Gasteiger partial charge in [0.25, 0.3) is 0 Å². The monoisotopic (exact) mass is 591 g/mol. The lowest BCUT2D eigenvalue weighted by Crippen LogP contribution is -2.51. The minimum atomic E-state index is -0.554. The summed E-state index contributed by atoms with van der Waals surface area (Å²) >= 11 is 6.85. The molecule has 3 aromatic carbocycles. The summed E-state index contributed by atoms with van der Waals surface area (Å²) in [6.45, 7) is 7.49. The molecule has 3 atom stereocenters. The van der Waals surface area contributed by atoms with Crippen LogP contribution in [0.25, 0.3) is 32.8 Å². The molecule has 3 saturated heterocycles. The largest absolute Gasteiger partial charge is 0.508 e. The van der Waals surface area contributed by atoms with Crippen molar-refractivity contribution >= 4 is 39.1 Å². The van der Waals surface area contributed by atoms with Gasteiger partial charge in [0, 0.05) is 55.8 Å². The van der Waals surface area contributed by atoms with Crippen LogP contribution < -0.4 is 15.0 Å². The van der Waals surface area contributed by atoms with Crippen molar-refractivity contribution in [3.05, 3.63) is 53.3 Å². The van der Waals surface area contributed by atoms with E-state index < -0.39 is 5.82 Å². The van der Waals surface area contributed by atoms with E-state index in [-0.39, 0.29) is 34.0 Å². The van der Waals surface area contributed by atoms with Gasteiger partial charge < -0.3 is 24.8 Å². The van der Waals surface area contributed by atoms with Crippen LogP contribution in [0, 0.1) is 5.82 Å². The molecule has 0 amide bonds. The number of piperazine rings is 1. The van der Waals surface area contributed by atoms with Gasteiger partial charge in [0.15, 0.2) is 5.82 Å². The van der Waals surface area contributed by atoms with Crippen LogP contribution in [0.5, 0.6) is 11.8 Å². The molecule has 10 heteroatoms. The number of nitrogens with one attached hydrogen (secondary N) is 1. The van der Waals surface area contributed by atoms with Gasteiger partial charge in [-0.2, -0.15) is 9.97 Å². The molecule has 8 nitrogen and oxygen atoms in total. The molecule has 4 heterocycles. The number of ether oxygens (including phenoxy) is 2. The topological polar surface area (TPSA) is 83.0 Å². The number of phenols is 1. The first kappa shape index (κ1) is 27.6. The molecule has 0 radical (unpaired) electrons. The third-order valence-electron chi connectivity index (χ3n) is 8.65. The van der Waals surface area contributed by atoms with Crippen molar-refractivity contribution in [2.75, 3.05) is 50.8 Å². The molecule has 1 aromatic heterocycles. The standard InChI is InChI=1S/C32H35ClFN5O3/c1-19-16-38(10-12-41-19)9-4-11-42-32-36-30-26(31(37-32)39-17-21-7-8-22(18-39)35-21)15-27(33)28(29(30)34)25-14-23(40)13-20-5-2-3-6-24(20)25/h2-3,5-6,13-15,19,21-22,35,40H,4,7-12,16-18H2,1H3/t19-,21?,22?/m1/s1. The summed E-state index contributed by atoms with van der Waals surface area (Å²) in [5, 5.41) is 16.5. The fourth-order valence-electron chi connectivity index (χ4n) is 6.73. The van der Waals surface area contributed by atoms with Crippen LogP contribution in [-0.2, 0) is 4.74 Å². The van der Waals surface area contributed by atoms with Gasteiger partial charge in [0.1, 0.15) is 17.1 Å². The number of phenolic OH excluding ortho intramolecular Hbond substituents is 1. The Hall–Kier alpha value is -3.24. The Morgan fingerprint density at radius 2 is 1.90 bits per heavy atom. The molecular weight excluding hydrogens is 557 g/mol. The first-order valence-electron chi connectivity index (χ1n) is 14.8. The zero-order valence-corrected chi connectivity index (χ0v) is 24.4. The molecule has 220 valence electrons. The first-order chi connectivity index (χ1) is 20.4. The lowest BCUT2D eigenvalue weighted by atomic mass is 9.96. The van der Waals surface area contributed by atoms with Gasteiger partial charge in [0.2, 0.25) is 0 Å². The molecule has 0 aliphatic carbocycles. The van der Waals surface area contributed by atoms with Crippen LogP contribution in [-0.4, -0.2) is 84.1 Å². The van der Waals surface area contributed by atoms with E-state index in [0.29, 0.717) is 35.5 Å². The number of morpholine rings is 1. The second-order valence-electron chi connectivity index (χ2n) is 11.7. The number of anilines is 1. The fourth-order valence-corrected chi connectivity index (χ4v) is 7.02. The Bertz CT molecular complexity index is 1630. The number of benzene rings is 3. The maximum absolute atomic E-state index is 16.7. The van der Waals surface area contributed by atoms with E-state index in [1.54, 1.807) is 18.2 Å². The Morgan fingerprint density at radius 1 is 1.10 bits per heavy atom. The lowest BCUT2D eigenvalue weighted by Gasteiger charge is -2.34. The van der Waals surface area contributed by atoms with Gasteiger partial charge in [0.05, 0.1) is 24.3 Å². The van der Waals surface area contributed by atoms with Crippen molar-refractivity contribution in [2.45, 2.75) is 44.4 Å². The smallest absolute Gasteiger partial charge is 0.319 e. The highest BCUT2D eigenvalue weighted by Gasteiger charge is 2.34. The maximum Gasteiger partial charge on any atom is 0.319 e. The Kier molecular flexibility index (Phi) is 7.52. The number of nitrogens with zero attached hydrogens (tertiary/aromatic N) is 4. The zero-order valence-electron chi connectivity index (χ0n) is 23.7. The van der Waals surface area contributed by atoms with E-state index in [4.69, 9.17) is 26.1 Å². The Labute approximate surface area is 249 Å². The number of hydrogen-bond acceptors (Lipinski definition) is 8. The van der Waals surface area contributed by atoms with Crippen molar-refractivity contribution < 1.29 is 19.0 Å². The lowest BCUT2D eigenvalue weighted by molar-refractivity contribution is -0.0194. The first-order valence-corrected chi connectivity index (χ1v) is 15.2. The van der Waals surface area contributed by atoms with Crippen LogP contribution >= 0.6 is 11.6 Å². The predicted octanol–water partition coefficient (Wildman–Crippen LogP) is 5.38. The summed E-state index contributed by atoms with van der Waals surface area (Å²) in [7, 11) is 0. The van der Waals surface area contributed by atoms with Crippen molar-refractivity contribution in [1.82, 2.24) is 20.2 Å². The molecule has 3 aliphatic rings. The molecule has 0 saturated carbocycles. The Morgan fingerprint density at radius 3 is 2.71 bits per heavy atom. The van der Waals surface area contributed by atoms with Crippen molar-refractivity contribution in [3.8, 4) is 22.9 Å². The highest BCUT2D eigenvalue weighted by molar-refractivity contribution is 6.35. The summed E-state index contributed by atoms with van der Waals surface area (Å²) in [4.78, 5) is 14.0. The van der Waals surface area contributed by atoms with E-state index in [9.17, 15) is 5.11 Å². The van der Waals surface area contributed by atoms with Gasteiger partial charge in [-0.1, -0.05) is 35.9 Å². The highest BCUT2D eigenvalue weighted by Crippen LogP contribution is 2.42. The number of hydrogen-bond donors (Lipinski definition) is 2. The van der Waals surface area contributed by atoms with Crippen LogP contribution in [0.15, 0.2) is 42.5 Å². The third kappa shape index (κ3) is 5.35. The number of rotatable bonds is 7. The average Bonchev–Trinajstić information content (AvgIpc) is 3.32. The fraction of sp³-hybridized carbons (Fsp3) is 0.438. The van der Waals surface area contributed by atoms with E-state index >= 15 is 4.39 Å². The summed E-state index contributed by atoms with van der Waals surface area (Å²) in [6.07, 6.45) is 3.24. The van der Waals surface area contributed by atoms with E-state index in [2.05, 4.69) is 27.0 Å².